The molecule has 5 heteroatoms. The van der Waals surface area contributed by atoms with Crippen molar-refractivity contribution in [1.82, 2.24) is 0 Å². The van der Waals surface area contributed by atoms with E-state index in [9.17, 15) is 0 Å². The van der Waals surface area contributed by atoms with E-state index in [1.807, 2.05) is 0 Å². The van der Waals surface area contributed by atoms with Gasteiger partial charge in [-0.2, -0.15) is 0 Å². The maximum absolute atomic E-state index is 6.59. The summed E-state index contributed by atoms with van der Waals surface area (Å²) in [5.41, 5.74) is 0. The van der Waals surface area contributed by atoms with Gasteiger partial charge >= 0.3 is 0 Å². The van der Waals surface area contributed by atoms with Crippen molar-refractivity contribution in [3.05, 3.63) is 10.2 Å². The minimum absolute atomic E-state index is 0.168. The number of hydrogen-bond acceptors (Lipinski definition) is 2. The van der Waals surface area contributed by atoms with Gasteiger partial charge in [0.1, 0.15) is 0 Å². The molecule has 0 amide bonds. The summed E-state index contributed by atoms with van der Waals surface area (Å²) in [6.45, 7) is 23.7. The highest BCUT2D eigenvalue weighted by atomic mass is 127. The third-order valence-corrected chi connectivity index (χ3v) is 14.7. The summed E-state index contributed by atoms with van der Waals surface area (Å²) in [5.74, 6) is 0. The Labute approximate surface area is 154 Å². The average Bonchev–Trinajstić information content (AvgIpc) is 2.29. The Hall–Kier alpha value is 0.824. The second-order valence-electron chi connectivity index (χ2n) is 9.17. The largest absolute Gasteiger partial charge is 0.414 e. The van der Waals surface area contributed by atoms with Crippen molar-refractivity contribution >= 4 is 39.2 Å². The Morgan fingerprint density at radius 1 is 0.909 bits per heavy atom. The van der Waals surface area contributed by atoms with E-state index in [0.717, 1.165) is 6.42 Å². The molecular formula is C17H37IO2Si2. The third kappa shape index (κ3) is 7.15. The second-order valence-corrected chi connectivity index (χ2v) is 19.5. The number of rotatable bonds is 7. The average molecular weight is 457 g/mol. The first-order valence-electron chi connectivity index (χ1n) is 8.21. The van der Waals surface area contributed by atoms with Gasteiger partial charge in [-0.25, -0.2) is 0 Å². The maximum Gasteiger partial charge on any atom is 0.192 e. The molecule has 0 unspecified atom stereocenters. The molecule has 0 saturated carbocycles. The molecule has 0 rings (SSSR count). The molecule has 0 aliphatic carbocycles. The van der Waals surface area contributed by atoms with Crippen LogP contribution in [0.2, 0.25) is 36.3 Å². The quantitative estimate of drug-likeness (QED) is 0.312. The standard InChI is InChI=1S/C17H37IO2Si2/c1-16(2,3)21(7,8)19-14-15(12-11-13-18)20-22(9,10)17(4,5)6/h11,13,15H,12,14H2,1-10H3/t15-/m0/s1. The van der Waals surface area contributed by atoms with E-state index in [0.29, 0.717) is 6.61 Å². The van der Waals surface area contributed by atoms with Crippen LogP contribution in [0.15, 0.2) is 10.2 Å². The van der Waals surface area contributed by atoms with Crippen molar-refractivity contribution in [2.75, 3.05) is 6.61 Å². The second kappa shape index (κ2) is 8.27. The molecule has 0 spiro atoms. The molecule has 0 radical (unpaired) electrons. The van der Waals surface area contributed by atoms with Crippen LogP contribution in [0.4, 0.5) is 0 Å². The Morgan fingerprint density at radius 3 is 1.73 bits per heavy atom. The van der Waals surface area contributed by atoms with Crippen LogP contribution in [-0.2, 0) is 8.85 Å². The van der Waals surface area contributed by atoms with Crippen molar-refractivity contribution in [1.29, 1.82) is 0 Å². The molecular weight excluding hydrogens is 419 g/mol. The summed E-state index contributed by atoms with van der Waals surface area (Å²) in [6.07, 6.45) is 3.29. The fourth-order valence-electron chi connectivity index (χ4n) is 1.46. The molecule has 0 N–H and O–H groups in total. The first-order chi connectivity index (χ1) is 9.64. The molecule has 132 valence electrons. The molecule has 0 fully saturated rings. The van der Waals surface area contributed by atoms with E-state index in [4.69, 9.17) is 8.85 Å². The number of hydrogen-bond donors (Lipinski definition) is 0. The van der Waals surface area contributed by atoms with Crippen LogP contribution in [0.5, 0.6) is 0 Å². The van der Waals surface area contributed by atoms with Crippen LogP contribution >= 0.6 is 22.6 Å². The smallest absolute Gasteiger partial charge is 0.192 e. The molecule has 0 aliphatic heterocycles. The van der Waals surface area contributed by atoms with Gasteiger partial charge in [-0.3, -0.25) is 0 Å². The van der Waals surface area contributed by atoms with Gasteiger partial charge < -0.3 is 8.85 Å². The molecule has 0 aromatic heterocycles. The van der Waals surface area contributed by atoms with Crippen molar-refractivity contribution in [2.45, 2.75) is 90.3 Å². The van der Waals surface area contributed by atoms with Crippen molar-refractivity contribution in [3.8, 4) is 0 Å². The van der Waals surface area contributed by atoms with Crippen LogP contribution in [-0.4, -0.2) is 29.3 Å². The van der Waals surface area contributed by atoms with E-state index in [-0.39, 0.29) is 16.2 Å². The summed E-state index contributed by atoms with van der Waals surface area (Å²) in [7, 11) is -3.48. The zero-order valence-corrected chi connectivity index (χ0v) is 20.5. The van der Waals surface area contributed by atoms with E-state index < -0.39 is 16.6 Å². The van der Waals surface area contributed by atoms with E-state index in [1.165, 1.54) is 0 Å². The SMILES string of the molecule is CC(C)(C)[Si](C)(C)OC[C@H](CC=CI)O[Si](C)(C)C(C)(C)C. The van der Waals surface area contributed by atoms with Gasteiger partial charge in [-0.1, -0.05) is 70.2 Å². The van der Waals surface area contributed by atoms with E-state index in [2.05, 4.69) is 100 Å². The lowest BCUT2D eigenvalue weighted by molar-refractivity contribution is 0.109. The molecule has 0 heterocycles. The van der Waals surface area contributed by atoms with Gasteiger partial charge in [-0.15, -0.1) is 0 Å². The predicted molar refractivity (Wildman–Crippen MR) is 113 cm³/mol. The van der Waals surface area contributed by atoms with Crippen molar-refractivity contribution < 1.29 is 8.85 Å². The van der Waals surface area contributed by atoms with Crippen LogP contribution in [0.25, 0.3) is 0 Å². The highest BCUT2D eigenvalue weighted by Gasteiger charge is 2.41. The van der Waals surface area contributed by atoms with Crippen LogP contribution in [0.3, 0.4) is 0 Å². The summed E-state index contributed by atoms with van der Waals surface area (Å²) in [5, 5.41) is 0.476. The minimum Gasteiger partial charge on any atom is -0.414 e. The molecule has 0 aliphatic rings. The topological polar surface area (TPSA) is 18.5 Å². The molecule has 2 nitrogen and oxygen atoms in total. The molecule has 0 bridgehead atoms. The molecule has 22 heavy (non-hydrogen) atoms. The minimum atomic E-state index is -1.76. The Kier molecular flexibility index (Phi) is 8.58. The first kappa shape index (κ1) is 22.8. The first-order valence-corrected chi connectivity index (χ1v) is 15.3. The van der Waals surface area contributed by atoms with Crippen molar-refractivity contribution in [3.63, 3.8) is 0 Å². The highest BCUT2D eigenvalue weighted by molar-refractivity contribution is 14.1. The van der Waals surface area contributed by atoms with Crippen LogP contribution in [0.1, 0.15) is 48.0 Å². The predicted octanol–water partition coefficient (Wildman–Crippen LogP) is 6.74. The van der Waals surface area contributed by atoms with Gasteiger partial charge in [0.25, 0.3) is 0 Å². The van der Waals surface area contributed by atoms with Gasteiger partial charge in [0.15, 0.2) is 16.6 Å². The lowest BCUT2D eigenvalue weighted by Crippen LogP contribution is -2.47. The van der Waals surface area contributed by atoms with Crippen molar-refractivity contribution in [2.24, 2.45) is 0 Å². The molecule has 0 saturated heterocycles. The van der Waals surface area contributed by atoms with Gasteiger partial charge in [0.05, 0.1) is 12.7 Å². The summed E-state index contributed by atoms with van der Waals surface area (Å²) in [4.78, 5) is 0. The fraction of sp³-hybridized carbons (Fsp3) is 0.882. The van der Waals surface area contributed by atoms with Crippen LogP contribution < -0.4 is 0 Å². The maximum atomic E-state index is 6.59. The summed E-state index contributed by atoms with van der Waals surface area (Å²) in [6, 6.07) is 0. The van der Waals surface area contributed by atoms with Gasteiger partial charge in [0, 0.05) is 0 Å². The zero-order chi connectivity index (χ0) is 17.8. The van der Waals surface area contributed by atoms with E-state index >= 15 is 0 Å². The Bertz CT molecular complexity index is 366. The normalized spacial score (nSPS) is 16.3. The summed E-state index contributed by atoms with van der Waals surface area (Å²) < 4.78 is 15.1. The third-order valence-electron chi connectivity index (χ3n) is 5.19. The van der Waals surface area contributed by atoms with E-state index in [1.54, 1.807) is 0 Å². The Morgan fingerprint density at radius 2 is 1.36 bits per heavy atom. The highest BCUT2D eigenvalue weighted by Crippen LogP contribution is 2.39. The lowest BCUT2D eigenvalue weighted by Gasteiger charge is -2.41. The molecule has 0 aromatic carbocycles. The Balaban J connectivity index is 4.95. The lowest BCUT2D eigenvalue weighted by atomic mass is 10.2. The van der Waals surface area contributed by atoms with Gasteiger partial charge in [-0.05, 0) is 46.8 Å². The zero-order valence-electron chi connectivity index (χ0n) is 16.3. The fourth-order valence-corrected chi connectivity index (χ4v) is 4.14. The molecule has 0 aromatic rings. The number of halogens is 1. The monoisotopic (exact) mass is 456 g/mol. The van der Waals surface area contributed by atoms with Crippen LogP contribution in [0, 0.1) is 0 Å². The van der Waals surface area contributed by atoms with Gasteiger partial charge in [0.2, 0.25) is 0 Å². The molecule has 1 atom stereocenters. The summed E-state index contributed by atoms with van der Waals surface area (Å²) >= 11 is 2.27.